The molecule has 0 heterocycles. The van der Waals surface area contributed by atoms with Crippen molar-refractivity contribution in [3.8, 4) is 0 Å². The van der Waals surface area contributed by atoms with Crippen LogP contribution in [0, 0.1) is 0 Å². The maximum atomic E-state index is 13.0. The smallest absolute Gasteiger partial charge is 0.354 e. The number of halogens is 5. The van der Waals surface area contributed by atoms with Crippen LogP contribution in [-0.2, 0) is 16.2 Å². The second-order valence-electron chi connectivity index (χ2n) is 4.50. The topological polar surface area (TPSA) is 72.2 Å². The van der Waals surface area contributed by atoms with Crippen molar-refractivity contribution in [1.29, 1.82) is 0 Å². The number of nitrogens with two attached hydrogens (primary N) is 1. The summed E-state index contributed by atoms with van der Waals surface area (Å²) >= 11 is 11.7. The van der Waals surface area contributed by atoms with Crippen LogP contribution in [0.2, 0.25) is 10.0 Å². The Labute approximate surface area is 140 Å². The molecule has 0 spiro atoms. The molecule has 0 bridgehead atoms. The van der Waals surface area contributed by atoms with Crippen LogP contribution in [0.1, 0.15) is 5.56 Å². The van der Waals surface area contributed by atoms with E-state index in [2.05, 4.69) is 5.32 Å². The van der Waals surface area contributed by atoms with Gasteiger partial charge in [0.1, 0.15) is 0 Å². The highest BCUT2D eigenvalue weighted by atomic mass is 35.5. The van der Waals surface area contributed by atoms with Crippen LogP contribution in [0.5, 0.6) is 0 Å². The van der Waals surface area contributed by atoms with E-state index in [1.807, 2.05) is 0 Å². The number of alkyl halides is 3. The van der Waals surface area contributed by atoms with Gasteiger partial charge in [-0.25, -0.2) is 13.6 Å². The molecule has 2 aromatic carbocycles. The number of nitrogens with one attached hydrogen (secondary N) is 1. The first-order valence-electron chi connectivity index (χ1n) is 5.94. The summed E-state index contributed by atoms with van der Waals surface area (Å²) < 4.78 is 61.7. The summed E-state index contributed by atoms with van der Waals surface area (Å²) in [6.07, 6.45) is -4.89. The quantitative estimate of drug-likeness (QED) is 0.823. The number of rotatable bonds is 3. The van der Waals surface area contributed by atoms with Gasteiger partial charge >= 0.3 is 6.18 Å². The van der Waals surface area contributed by atoms with Crippen molar-refractivity contribution < 1.29 is 21.6 Å². The van der Waals surface area contributed by atoms with Gasteiger partial charge in [0.2, 0.25) is 10.0 Å². The van der Waals surface area contributed by atoms with E-state index in [4.69, 9.17) is 28.3 Å². The van der Waals surface area contributed by atoms with E-state index < -0.39 is 26.7 Å². The Balaban J connectivity index is 2.50. The van der Waals surface area contributed by atoms with Crippen LogP contribution in [0.3, 0.4) is 0 Å². The molecule has 0 saturated heterocycles. The van der Waals surface area contributed by atoms with Crippen LogP contribution in [0.15, 0.2) is 41.3 Å². The molecule has 0 unspecified atom stereocenters. The minimum absolute atomic E-state index is 0.00560. The number of anilines is 2. The second kappa shape index (κ2) is 6.20. The Morgan fingerprint density at radius 1 is 1.04 bits per heavy atom. The molecule has 2 aromatic rings. The first kappa shape index (κ1) is 17.9. The van der Waals surface area contributed by atoms with Crippen LogP contribution in [0.25, 0.3) is 0 Å². The van der Waals surface area contributed by atoms with Gasteiger partial charge in [-0.05, 0) is 36.4 Å². The monoisotopic (exact) mass is 384 g/mol. The predicted molar refractivity (Wildman–Crippen MR) is 82.6 cm³/mol. The van der Waals surface area contributed by atoms with Crippen molar-refractivity contribution >= 4 is 44.6 Å². The Morgan fingerprint density at radius 3 is 2.22 bits per heavy atom. The highest BCUT2D eigenvalue weighted by Gasteiger charge is 2.36. The summed E-state index contributed by atoms with van der Waals surface area (Å²) in [6.45, 7) is 0. The highest BCUT2D eigenvalue weighted by Crippen LogP contribution is 2.37. The first-order chi connectivity index (χ1) is 10.5. The minimum Gasteiger partial charge on any atom is -0.354 e. The molecule has 0 amide bonds. The fourth-order valence-corrected chi connectivity index (χ4v) is 3.02. The Bertz CT molecular complexity index is 855. The molecule has 0 aromatic heterocycles. The van der Waals surface area contributed by atoms with E-state index in [0.29, 0.717) is 16.8 Å². The van der Waals surface area contributed by atoms with E-state index in [9.17, 15) is 21.6 Å². The zero-order chi connectivity index (χ0) is 17.4. The molecular weight excluding hydrogens is 376 g/mol. The van der Waals surface area contributed by atoms with Crippen molar-refractivity contribution in [2.24, 2.45) is 5.14 Å². The lowest BCUT2D eigenvalue weighted by atomic mass is 10.2. The van der Waals surface area contributed by atoms with Crippen LogP contribution in [-0.4, -0.2) is 8.42 Å². The molecule has 0 fully saturated rings. The Kier molecular flexibility index (Phi) is 4.81. The average molecular weight is 385 g/mol. The number of primary sulfonamides is 1. The van der Waals surface area contributed by atoms with Crippen molar-refractivity contribution in [1.82, 2.24) is 0 Å². The van der Waals surface area contributed by atoms with E-state index >= 15 is 0 Å². The normalized spacial score (nSPS) is 12.3. The summed E-state index contributed by atoms with van der Waals surface area (Å²) in [5.74, 6) is 0. The summed E-state index contributed by atoms with van der Waals surface area (Å²) in [5.41, 5.74) is -1.06. The van der Waals surface area contributed by atoms with Gasteiger partial charge in [-0.3, -0.25) is 0 Å². The first-order valence-corrected chi connectivity index (χ1v) is 8.25. The number of hydrogen-bond acceptors (Lipinski definition) is 3. The zero-order valence-electron chi connectivity index (χ0n) is 11.2. The third-order valence-electron chi connectivity index (χ3n) is 2.80. The van der Waals surface area contributed by atoms with Crippen molar-refractivity contribution in [2.45, 2.75) is 11.1 Å². The third-order valence-corrected chi connectivity index (χ3v) is 4.32. The minimum atomic E-state index is -4.89. The molecule has 0 aliphatic carbocycles. The molecule has 0 radical (unpaired) electrons. The van der Waals surface area contributed by atoms with Crippen LogP contribution < -0.4 is 10.5 Å². The SMILES string of the molecule is NS(=O)(=O)c1ccc(Nc2ccc(Cl)cc2Cl)cc1C(F)(F)F. The lowest BCUT2D eigenvalue weighted by Gasteiger charge is -2.15. The lowest BCUT2D eigenvalue weighted by Crippen LogP contribution is -2.19. The van der Waals surface area contributed by atoms with Gasteiger partial charge in [-0.1, -0.05) is 23.2 Å². The van der Waals surface area contributed by atoms with Gasteiger partial charge < -0.3 is 5.32 Å². The van der Waals surface area contributed by atoms with E-state index in [1.54, 1.807) is 0 Å². The summed E-state index contributed by atoms with van der Waals surface area (Å²) in [5, 5.41) is 8.04. The molecule has 0 aliphatic heterocycles. The molecule has 3 N–H and O–H groups in total. The lowest BCUT2D eigenvalue weighted by molar-refractivity contribution is -0.139. The van der Waals surface area contributed by atoms with Crippen LogP contribution >= 0.6 is 23.2 Å². The summed E-state index contributed by atoms with van der Waals surface area (Å²) in [7, 11) is -4.51. The standard InChI is InChI=1S/C13H9Cl2F3N2O2S/c14-7-1-3-11(10(15)5-7)20-8-2-4-12(23(19,21)22)9(6-8)13(16,17)18/h1-6,20H,(H2,19,21,22). The van der Waals surface area contributed by atoms with E-state index in [1.165, 1.54) is 18.2 Å². The number of hydrogen-bond donors (Lipinski definition) is 2. The summed E-state index contributed by atoms with van der Waals surface area (Å²) in [4.78, 5) is -1.00. The average Bonchev–Trinajstić information content (AvgIpc) is 2.40. The highest BCUT2D eigenvalue weighted by molar-refractivity contribution is 7.89. The van der Waals surface area contributed by atoms with Gasteiger partial charge in [0.05, 0.1) is 21.2 Å². The van der Waals surface area contributed by atoms with Gasteiger partial charge in [0.25, 0.3) is 0 Å². The molecule has 124 valence electrons. The van der Waals surface area contributed by atoms with Gasteiger partial charge in [-0.2, -0.15) is 13.2 Å². The number of benzene rings is 2. The fourth-order valence-electron chi connectivity index (χ4n) is 1.82. The van der Waals surface area contributed by atoms with Crippen molar-refractivity contribution in [2.75, 3.05) is 5.32 Å². The van der Waals surface area contributed by atoms with E-state index in [-0.39, 0.29) is 10.7 Å². The molecule has 10 heteroatoms. The molecule has 2 rings (SSSR count). The van der Waals surface area contributed by atoms with Gasteiger partial charge in [-0.15, -0.1) is 0 Å². The molecular formula is C13H9Cl2F3N2O2S. The number of sulfonamides is 1. The van der Waals surface area contributed by atoms with Crippen molar-refractivity contribution in [3.05, 3.63) is 52.0 Å². The molecule has 0 saturated carbocycles. The van der Waals surface area contributed by atoms with E-state index in [0.717, 1.165) is 12.1 Å². The molecule has 23 heavy (non-hydrogen) atoms. The van der Waals surface area contributed by atoms with Crippen molar-refractivity contribution in [3.63, 3.8) is 0 Å². The zero-order valence-corrected chi connectivity index (χ0v) is 13.5. The third kappa shape index (κ3) is 4.29. The largest absolute Gasteiger partial charge is 0.417 e. The molecule has 4 nitrogen and oxygen atoms in total. The second-order valence-corrected chi connectivity index (χ2v) is 6.88. The molecule has 0 aliphatic rings. The van der Waals surface area contributed by atoms with Crippen LogP contribution in [0.4, 0.5) is 24.5 Å². The fraction of sp³-hybridized carbons (Fsp3) is 0.0769. The predicted octanol–water partition coefficient (Wildman–Crippen LogP) is 4.40. The maximum Gasteiger partial charge on any atom is 0.417 e. The summed E-state index contributed by atoms with van der Waals surface area (Å²) in [6, 6.07) is 6.97. The maximum absolute atomic E-state index is 13.0. The van der Waals surface area contributed by atoms with Gasteiger partial charge in [0.15, 0.2) is 0 Å². The Morgan fingerprint density at radius 2 is 1.70 bits per heavy atom. The van der Waals surface area contributed by atoms with Gasteiger partial charge in [0, 0.05) is 10.7 Å². The Hall–Kier alpha value is -1.48. The molecule has 0 atom stereocenters.